The molecular formula is C21H21F2N3O2. The lowest BCUT2D eigenvalue weighted by molar-refractivity contribution is -0.123. The van der Waals surface area contributed by atoms with Crippen LogP contribution in [0.1, 0.15) is 16.8 Å². The molecule has 0 bridgehead atoms. The molecule has 146 valence electrons. The second-order valence-corrected chi connectivity index (χ2v) is 7.50. The van der Waals surface area contributed by atoms with Crippen molar-refractivity contribution in [2.24, 2.45) is 0 Å². The number of rotatable bonds is 2. The van der Waals surface area contributed by atoms with Crippen molar-refractivity contribution in [2.45, 2.75) is 12.0 Å². The van der Waals surface area contributed by atoms with Crippen molar-refractivity contribution in [1.82, 2.24) is 9.80 Å². The fourth-order valence-corrected chi connectivity index (χ4v) is 4.08. The van der Waals surface area contributed by atoms with Gasteiger partial charge in [0.25, 0.3) is 5.91 Å². The number of hydrogen-bond donors (Lipinski definition) is 0. The Labute approximate surface area is 162 Å². The molecule has 2 saturated heterocycles. The van der Waals surface area contributed by atoms with Crippen molar-refractivity contribution >= 4 is 17.5 Å². The summed E-state index contributed by atoms with van der Waals surface area (Å²) in [6.45, 7) is 1.67. The summed E-state index contributed by atoms with van der Waals surface area (Å²) < 4.78 is 26.7. The van der Waals surface area contributed by atoms with Gasteiger partial charge in [-0.1, -0.05) is 18.2 Å². The van der Waals surface area contributed by atoms with E-state index in [4.69, 9.17) is 0 Å². The number of anilines is 1. The highest BCUT2D eigenvalue weighted by atomic mass is 19.2. The molecule has 0 N–H and O–H groups in total. The first-order chi connectivity index (χ1) is 13.4. The van der Waals surface area contributed by atoms with Gasteiger partial charge in [0.2, 0.25) is 5.91 Å². The Morgan fingerprint density at radius 2 is 1.79 bits per heavy atom. The largest absolute Gasteiger partial charge is 0.337 e. The Kier molecular flexibility index (Phi) is 4.63. The Balaban J connectivity index is 1.56. The molecule has 2 amide bonds. The second kappa shape index (κ2) is 6.98. The van der Waals surface area contributed by atoms with Crippen LogP contribution in [0.2, 0.25) is 0 Å². The Morgan fingerprint density at radius 3 is 2.50 bits per heavy atom. The van der Waals surface area contributed by atoms with Crippen molar-refractivity contribution < 1.29 is 18.4 Å². The van der Waals surface area contributed by atoms with E-state index >= 15 is 0 Å². The lowest BCUT2D eigenvalue weighted by atomic mass is 9.92. The summed E-state index contributed by atoms with van der Waals surface area (Å²) >= 11 is 0. The zero-order chi connectivity index (χ0) is 19.9. The molecule has 0 radical (unpaired) electrons. The molecule has 2 aliphatic heterocycles. The molecule has 1 unspecified atom stereocenters. The van der Waals surface area contributed by atoms with E-state index < -0.39 is 11.6 Å². The highest BCUT2D eigenvalue weighted by Gasteiger charge is 2.48. The number of hydrogen-bond acceptors (Lipinski definition) is 3. The van der Waals surface area contributed by atoms with E-state index in [0.717, 1.165) is 17.8 Å². The number of halogens is 2. The quantitative estimate of drug-likeness (QED) is 0.798. The normalized spacial score (nSPS) is 22.9. The van der Waals surface area contributed by atoms with Crippen molar-refractivity contribution in [3.8, 4) is 0 Å². The zero-order valence-corrected chi connectivity index (χ0v) is 15.6. The van der Waals surface area contributed by atoms with E-state index in [-0.39, 0.29) is 29.5 Å². The minimum Gasteiger partial charge on any atom is -0.337 e. The fourth-order valence-electron chi connectivity index (χ4n) is 4.08. The number of likely N-dealkylation sites (N-methyl/N-ethyl adjacent to an activating group) is 1. The first-order valence-corrected chi connectivity index (χ1v) is 9.21. The molecule has 2 heterocycles. The van der Waals surface area contributed by atoms with Crippen LogP contribution in [0, 0.1) is 11.6 Å². The summed E-state index contributed by atoms with van der Waals surface area (Å²) in [4.78, 5) is 30.8. The van der Waals surface area contributed by atoms with E-state index in [2.05, 4.69) is 0 Å². The molecule has 2 aromatic carbocycles. The van der Waals surface area contributed by atoms with Gasteiger partial charge in [0, 0.05) is 30.9 Å². The van der Waals surface area contributed by atoms with Crippen LogP contribution in [0.3, 0.4) is 0 Å². The van der Waals surface area contributed by atoms with Crippen molar-refractivity contribution in [3.63, 3.8) is 0 Å². The molecule has 5 nitrogen and oxygen atoms in total. The minimum absolute atomic E-state index is 0.0182. The number of carbonyl (C=O) groups is 2. The van der Waals surface area contributed by atoms with Crippen molar-refractivity contribution in [1.29, 1.82) is 0 Å². The van der Waals surface area contributed by atoms with Gasteiger partial charge in [-0.2, -0.15) is 0 Å². The number of benzene rings is 2. The predicted octanol–water partition coefficient (Wildman–Crippen LogP) is 2.53. The van der Waals surface area contributed by atoms with Gasteiger partial charge in [-0.05, 0) is 43.8 Å². The smallest absolute Gasteiger partial charge is 0.254 e. The summed E-state index contributed by atoms with van der Waals surface area (Å²) in [5.41, 5.74) is 0.605. The Morgan fingerprint density at radius 1 is 1.04 bits per heavy atom. The molecule has 1 spiro atoms. The van der Waals surface area contributed by atoms with Gasteiger partial charge in [0.05, 0.1) is 12.1 Å². The number of nitrogens with zero attached hydrogens (tertiary/aromatic N) is 3. The van der Waals surface area contributed by atoms with E-state index in [1.54, 1.807) is 9.80 Å². The molecule has 0 aromatic heterocycles. The number of amides is 2. The van der Waals surface area contributed by atoms with Crippen LogP contribution < -0.4 is 4.90 Å². The molecule has 2 fully saturated rings. The van der Waals surface area contributed by atoms with Gasteiger partial charge in [0.15, 0.2) is 11.6 Å². The van der Waals surface area contributed by atoms with Crippen molar-refractivity contribution in [3.05, 3.63) is 65.7 Å². The van der Waals surface area contributed by atoms with E-state index in [1.165, 1.54) is 6.07 Å². The molecular weight excluding hydrogens is 364 g/mol. The topological polar surface area (TPSA) is 43.9 Å². The average Bonchev–Trinajstić information content (AvgIpc) is 3.12. The Hall–Kier alpha value is -2.80. The summed E-state index contributed by atoms with van der Waals surface area (Å²) in [7, 11) is 1.89. The molecule has 4 rings (SSSR count). The number of para-hydroxylation sites is 1. The summed E-state index contributed by atoms with van der Waals surface area (Å²) in [6, 6.07) is 12.7. The molecule has 1 atom stereocenters. The number of likely N-dealkylation sites (tertiary alicyclic amines) is 1. The SMILES string of the molecule is CN1CC(=O)N(c2ccccc2)CC12CCN(C(=O)c1ccc(F)c(F)c1)C2. The summed E-state index contributed by atoms with van der Waals surface area (Å²) in [5, 5.41) is 0. The van der Waals surface area contributed by atoms with E-state index in [9.17, 15) is 18.4 Å². The zero-order valence-electron chi connectivity index (χ0n) is 15.6. The highest BCUT2D eigenvalue weighted by Crippen LogP contribution is 2.34. The molecule has 7 heteroatoms. The monoisotopic (exact) mass is 385 g/mol. The van der Waals surface area contributed by atoms with Gasteiger partial charge >= 0.3 is 0 Å². The minimum atomic E-state index is -1.03. The van der Waals surface area contributed by atoms with Crippen LogP contribution in [0.5, 0.6) is 0 Å². The van der Waals surface area contributed by atoms with Gasteiger partial charge in [-0.3, -0.25) is 14.5 Å². The molecule has 2 aliphatic rings. The van der Waals surface area contributed by atoms with Crippen LogP contribution >= 0.6 is 0 Å². The third-order valence-electron chi connectivity index (χ3n) is 5.79. The first-order valence-electron chi connectivity index (χ1n) is 9.21. The van der Waals surface area contributed by atoms with Gasteiger partial charge in [-0.15, -0.1) is 0 Å². The summed E-state index contributed by atoms with van der Waals surface area (Å²) in [5.74, 6) is -2.31. The summed E-state index contributed by atoms with van der Waals surface area (Å²) in [6.07, 6.45) is 0.704. The van der Waals surface area contributed by atoms with Crippen LogP contribution in [-0.4, -0.2) is 60.4 Å². The van der Waals surface area contributed by atoms with E-state index in [0.29, 0.717) is 26.1 Å². The first kappa shape index (κ1) is 18.6. The van der Waals surface area contributed by atoms with Crippen LogP contribution in [0.15, 0.2) is 48.5 Å². The third-order valence-corrected chi connectivity index (χ3v) is 5.79. The molecule has 2 aromatic rings. The number of piperazine rings is 1. The van der Waals surface area contributed by atoms with E-state index in [1.807, 2.05) is 42.3 Å². The third kappa shape index (κ3) is 3.16. The van der Waals surface area contributed by atoms with Crippen molar-refractivity contribution in [2.75, 3.05) is 38.1 Å². The maximum absolute atomic E-state index is 13.5. The van der Waals surface area contributed by atoms with Gasteiger partial charge in [0.1, 0.15) is 0 Å². The fraction of sp³-hybridized carbons (Fsp3) is 0.333. The standard InChI is InChI=1S/C21H21F2N3O2/c1-24-12-19(27)26(16-5-3-2-4-6-16)14-21(24)9-10-25(13-21)20(28)15-7-8-17(22)18(23)11-15/h2-8,11H,9-10,12-14H2,1H3. The lowest BCUT2D eigenvalue weighted by Gasteiger charge is -2.46. The van der Waals surface area contributed by atoms with Gasteiger partial charge < -0.3 is 9.80 Å². The maximum Gasteiger partial charge on any atom is 0.254 e. The predicted molar refractivity (Wildman–Crippen MR) is 101 cm³/mol. The Bertz CT molecular complexity index is 921. The average molecular weight is 385 g/mol. The van der Waals surface area contributed by atoms with Crippen LogP contribution in [-0.2, 0) is 4.79 Å². The second-order valence-electron chi connectivity index (χ2n) is 7.50. The molecule has 28 heavy (non-hydrogen) atoms. The number of carbonyl (C=O) groups excluding carboxylic acids is 2. The molecule has 0 saturated carbocycles. The van der Waals surface area contributed by atoms with Gasteiger partial charge in [-0.25, -0.2) is 8.78 Å². The maximum atomic E-state index is 13.5. The lowest BCUT2D eigenvalue weighted by Crippen LogP contribution is -2.64. The van der Waals surface area contributed by atoms with Crippen LogP contribution in [0.25, 0.3) is 0 Å². The highest BCUT2D eigenvalue weighted by molar-refractivity contribution is 5.96. The molecule has 0 aliphatic carbocycles. The van der Waals surface area contributed by atoms with Crippen LogP contribution in [0.4, 0.5) is 14.5 Å².